The Hall–Kier alpha value is -0.770. The topological polar surface area (TPSA) is 46.3 Å². The van der Waals surface area contributed by atoms with E-state index in [0.717, 1.165) is 0 Å². The van der Waals surface area contributed by atoms with Crippen molar-refractivity contribution < 1.29 is 4.79 Å². The number of carbonyl (C=O) groups is 1. The van der Waals surface area contributed by atoms with Gasteiger partial charge in [0.1, 0.15) is 0 Å². The molecule has 88 valence electrons. The molecule has 3 nitrogen and oxygen atoms in total. The predicted octanol–water partition coefficient (Wildman–Crippen LogP) is 2.70. The van der Waals surface area contributed by atoms with Gasteiger partial charge in [-0.1, -0.05) is 23.2 Å². The van der Waals surface area contributed by atoms with Gasteiger partial charge in [-0.15, -0.1) is 0 Å². The van der Waals surface area contributed by atoms with Crippen molar-refractivity contribution in [2.24, 2.45) is 5.73 Å². The fourth-order valence-corrected chi connectivity index (χ4v) is 1.95. The van der Waals surface area contributed by atoms with Gasteiger partial charge >= 0.3 is 0 Å². The largest absolute Gasteiger partial charge is 0.330 e. The van der Waals surface area contributed by atoms with Crippen LogP contribution in [0, 0.1) is 0 Å². The van der Waals surface area contributed by atoms with E-state index in [4.69, 9.17) is 28.9 Å². The van der Waals surface area contributed by atoms with Crippen molar-refractivity contribution in [2.75, 3.05) is 18.0 Å². The maximum atomic E-state index is 11.8. The lowest BCUT2D eigenvalue weighted by atomic mass is 10.2. The van der Waals surface area contributed by atoms with E-state index < -0.39 is 0 Å². The minimum atomic E-state index is -0.0331. The van der Waals surface area contributed by atoms with Crippen molar-refractivity contribution in [1.29, 1.82) is 0 Å². The Morgan fingerprint density at radius 3 is 2.62 bits per heavy atom. The molecule has 0 spiro atoms. The van der Waals surface area contributed by atoms with Gasteiger partial charge in [0.2, 0.25) is 5.91 Å². The molecule has 0 saturated carbocycles. The molecule has 0 bridgehead atoms. The molecule has 0 fully saturated rings. The predicted molar refractivity (Wildman–Crippen MR) is 68.2 cm³/mol. The summed E-state index contributed by atoms with van der Waals surface area (Å²) in [6.07, 6.45) is 0.312. The minimum absolute atomic E-state index is 0.0331. The molecule has 1 aromatic rings. The van der Waals surface area contributed by atoms with E-state index in [1.807, 2.05) is 6.92 Å². The first-order chi connectivity index (χ1) is 7.60. The number of amides is 1. The Kier molecular flexibility index (Phi) is 5.06. The third-order valence-corrected chi connectivity index (χ3v) is 2.71. The van der Waals surface area contributed by atoms with Crippen LogP contribution in [0.5, 0.6) is 0 Å². The first-order valence-corrected chi connectivity index (χ1v) is 5.81. The summed E-state index contributed by atoms with van der Waals surface area (Å²) in [5.74, 6) is -0.0331. The summed E-state index contributed by atoms with van der Waals surface area (Å²) in [6.45, 7) is 2.78. The van der Waals surface area contributed by atoms with Gasteiger partial charge in [0, 0.05) is 24.5 Å². The van der Waals surface area contributed by atoms with Crippen LogP contribution in [-0.4, -0.2) is 19.0 Å². The van der Waals surface area contributed by atoms with Crippen LogP contribution in [-0.2, 0) is 4.79 Å². The number of anilines is 1. The van der Waals surface area contributed by atoms with Crippen LogP contribution in [0.3, 0.4) is 0 Å². The van der Waals surface area contributed by atoms with Crippen LogP contribution < -0.4 is 10.6 Å². The van der Waals surface area contributed by atoms with Crippen LogP contribution in [0.4, 0.5) is 5.69 Å². The highest BCUT2D eigenvalue weighted by Crippen LogP contribution is 2.29. The summed E-state index contributed by atoms with van der Waals surface area (Å²) in [5, 5.41) is 1.02. The molecule has 2 N–H and O–H groups in total. The van der Waals surface area contributed by atoms with Crippen molar-refractivity contribution in [3.8, 4) is 0 Å². The van der Waals surface area contributed by atoms with Gasteiger partial charge in [-0.05, 0) is 25.1 Å². The van der Waals surface area contributed by atoms with E-state index in [1.165, 1.54) is 0 Å². The summed E-state index contributed by atoms with van der Waals surface area (Å²) in [6, 6.07) is 5.07. The number of nitrogens with two attached hydrogens (primary N) is 1. The summed E-state index contributed by atoms with van der Waals surface area (Å²) in [4.78, 5) is 13.4. The molecule has 0 aliphatic carbocycles. The zero-order chi connectivity index (χ0) is 12.1. The van der Waals surface area contributed by atoms with E-state index in [1.54, 1.807) is 23.1 Å². The molecule has 1 aromatic carbocycles. The number of nitrogens with zero attached hydrogens (tertiary/aromatic N) is 1. The molecule has 0 radical (unpaired) electrons. The second-order valence-corrected chi connectivity index (χ2v) is 4.12. The second-order valence-electron chi connectivity index (χ2n) is 3.27. The van der Waals surface area contributed by atoms with Crippen LogP contribution in [0.25, 0.3) is 0 Å². The Morgan fingerprint density at radius 1 is 1.44 bits per heavy atom. The maximum Gasteiger partial charge on any atom is 0.228 e. The fourth-order valence-electron chi connectivity index (χ4n) is 1.44. The van der Waals surface area contributed by atoms with Gasteiger partial charge < -0.3 is 10.6 Å². The van der Waals surface area contributed by atoms with Crippen molar-refractivity contribution >= 4 is 34.8 Å². The summed E-state index contributed by atoms with van der Waals surface area (Å²) < 4.78 is 0. The van der Waals surface area contributed by atoms with Crippen molar-refractivity contribution in [2.45, 2.75) is 13.3 Å². The quantitative estimate of drug-likeness (QED) is 0.905. The van der Waals surface area contributed by atoms with Gasteiger partial charge in [-0.3, -0.25) is 4.79 Å². The van der Waals surface area contributed by atoms with Gasteiger partial charge in [0.15, 0.2) is 0 Å². The molecule has 16 heavy (non-hydrogen) atoms. The van der Waals surface area contributed by atoms with Crippen LogP contribution in [0.1, 0.15) is 13.3 Å². The second kappa shape index (κ2) is 6.09. The zero-order valence-electron chi connectivity index (χ0n) is 9.04. The number of halogens is 2. The number of rotatable bonds is 4. The number of carbonyl (C=O) groups excluding carboxylic acids is 1. The van der Waals surface area contributed by atoms with E-state index >= 15 is 0 Å². The Balaban J connectivity index is 2.99. The van der Waals surface area contributed by atoms with E-state index in [-0.39, 0.29) is 5.91 Å². The summed E-state index contributed by atoms with van der Waals surface area (Å²) in [5.41, 5.74) is 6.03. The monoisotopic (exact) mass is 260 g/mol. The first-order valence-electron chi connectivity index (χ1n) is 5.05. The van der Waals surface area contributed by atoms with Crippen LogP contribution in [0.15, 0.2) is 18.2 Å². The molecule has 0 aliphatic rings. The Labute approximate surface area is 105 Å². The normalized spacial score (nSPS) is 10.2. The lowest BCUT2D eigenvalue weighted by Gasteiger charge is -2.22. The van der Waals surface area contributed by atoms with Crippen LogP contribution >= 0.6 is 23.2 Å². The standard InChI is InChI=1S/C11H14Cl2N2O/c1-2-15(11(16)5-6-14)10-4-3-8(12)7-9(10)13/h3-4,7H,2,5-6,14H2,1H3. The summed E-state index contributed by atoms with van der Waals surface area (Å²) in [7, 11) is 0. The molecule has 0 unspecified atom stereocenters. The molecule has 0 aliphatic heterocycles. The smallest absolute Gasteiger partial charge is 0.228 e. The Bertz CT molecular complexity index is 382. The first kappa shape index (κ1) is 13.3. The Morgan fingerprint density at radius 2 is 2.12 bits per heavy atom. The van der Waals surface area contributed by atoms with Gasteiger partial charge in [-0.2, -0.15) is 0 Å². The molecule has 5 heteroatoms. The molecule has 0 saturated heterocycles. The lowest BCUT2D eigenvalue weighted by Crippen LogP contribution is -2.32. The third kappa shape index (κ3) is 3.11. The lowest BCUT2D eigenvalue weighted by molar-refractivity contribution is -0.118. The molecule has 1 amide bonds. The molecule has 1 rings (SSSR count). The minimum Gasteiger partial charge on any atom is -0.330 e. The summed E-state index contributed by atoms with van der Waals surface area (Å²) >= 11 is 11.8. The zero-order valence-corrected chi connectivity index (χ0v) is 10.6. The fraction of sp³-hybridized carbons (Fsp3) is 0.364. The maximum absolute atomic E-state index is 11.8. The average Bonchev–Trinajstić information content (AvgIpc) is 2.22. The van der Waals surface area contributed by atoms with Crippen molar-refractivity contribution in [3.63, 3.8) is 0 Å². The number of benzene rings is 1. The number of hydrogen-bond acceptors (Lipinski definition) is 2. The van der Waals surface area contributed by atoms with E-state index in [0.29, 0.717) is 35.2 Å². The molecular formula is C11H14Cl2N2O. The molecular weight excluding hydrogens is 247 g/mol. The van der Waals surface area contributed by atoms with Crippen LogP contribution in [0.2, 0.25) is 10.0 Å². The third-order valence-electron chi connectivity index (χ3n) is 2.18. The van der Waals surface area contributed by atoms with Gasteiger partial charge in [0.05, 0.1) is 10.7 Å². The molecule has 0 aromatic heterocycles. The molecule has 0 heterocycles. The SMILES string of the molecule is CCN(C(=O)CCN)c1ccc(Cl)cc1Cl. The van der Waals surface area contributed by atoms with E-state index in [2.05, 4.69) is 0 Å². The average molecular weight is 261 g/mol. The van der Waals surface area contributed by atoms with Crippen molar-refractivity contribution in [3.05, 3.63) is 28.2 Å². The highest BCUT2D eigenvalue weighted by atomic mass is 35.5. The van der Waals surface area contributed by atoms with E-state index in [9.17, 15) is 4.79 Å². The highest BCUT2D eigenvalue weighted by molar-refractivity contribution is 6.36. The van der Waals surface area contributed by atoms with Gasteiger partial charge in [0.25, 0.3) is 0 Å². The highest BCUT2D eigenvalue weighted by Gasteiger charge is 2.15. The van der Waals surface area contributed by atoms with Crippen molar-refractivity contribution in [1.82, 2.24) is 0 Å². The number of hydrogen-bond donors (Lipinski definition) is 1. The molecule has 0 atom stereocenters. The van der Waals surface area contributed by atoms with Gasteiger partial charge in [-0.25, -0.2) is 0 Å².